The molecule has 10 heteroatoms. The summed E-state index contributed by atoms with van der Waals surface area (Å²) < 4.78 is 35.2. The normalized spacial score (nSPS) is 15.4. The molecule has 0 spiro atoms. The first kappa shape index (κ1) is 26.0. The van der Waals surface area contributed by atoms with Gasteiger partial charge in [-0.2, -0.15) is 8.78 Å². The summed E-state index contributed by atoms with van der Waals surface area (Å²) in [4.78, 5) is 31.5. The molecule has 0 unspecified atom stereocenters. The fourth-order valence-corrected chi connectivity index (χ4v) is 5.28. The number of halogens is 3. The van der Waals surface area contributed by atoms with Gasteiger partial charge in [0.2, 0.25) is 5.88 Å². The SMILES string of the molecule is COc1ccc([C@H](CC2CCN(C(=O)C(F)(F)c3ccccc3)CC2)NC(=O)c2ccc(Cl)s2)cn1.[HH]. The summed E-state index contributed by atoms with van der Waals surface area (Å²) in [5.41, 5.74) is 0.501. The predicted octanol–water partition coefficient (Wildman–Crippen LogP) is 5.94. The molecule has 1 aliphatic rings. The third kappa shape index (κ3) is 6.02. The molecule has 36 heavy (non-hydrogen) atoms. The van der Waals surface area contributed by atoms with E-state index < -0.39 is 11.8 Å². The van der Waals surface area contributed by atoms with E-state index in [1.165, 1.54) is 47.6 Å². The monoisotopic (exact) mass is 535 g/mol. The van der Waals surface area contributed by atoms with Gasteiger partial charge in [0.15, 0.2) is 0 Å². The number of aromatic nitrogens is 1. The summed E-state index contributed by atoms with van der Waals surface area (Å²) in [6.45, 7) is 0.460. The van der Waals surface area contributed by atoms with Crippen LogP contribution in [0.5, 0.6) is 5.88 Å². The van der Waals surface area contributed by atoms with Gasteiger partial charge < -0.3 is 15.0 Å². The molecule has 1 fully saturated rings. The molecule has 1 aliphatic heterocycles. The summed E-state index contributed by atoms with van der Waals surface area (Å²) in [5, 5.41) is 3.06. The van der Waals surface area contributed by atoms with Crippen LogP contribution < -0.4 is 10.1 Å². The van der Waals surface area contributed by atoms with E-state index in [0.29, 0.717) is 34.4 Å². The van der Waals surface area contributed by atoms with Crippen molar-refractivity contribution in [2.24, 2.45) is 5.92 Å². The van der Waals surface area contributed by atoms with Crippen LogP contribution in [-0.2, 0) is 10.7 Å². The Labute approximate surface area is 218 Å². The van der Waals surface area contributed by atoms with E-state index in [2.05, 4.69) is 10.3 Å². The molecule has 0 aliphatic carbocycles. The van der Waals surface area contributed by atoms with Gasteiger partial charge in [-0.15, -0.1) is 11.3 Å². The van der Waals surface area contributed by atoms with Crippen LogP contribution in [0.15, 0.2) is 60.8 Å². The highest BCUT2D eigenvalue weighted by Gasteiger charge is 2.44. The van der Waals surface area contributed by atoms with Gasteiger partial charge in [0.1, 0.15) is 0 Å². The number of methoxy groups -OCH3 is 1. The molecule has 4 rings (SSSR count). The second-order valence-corrected chi connectivity index (χ2v) is 10.4. The van der Waals surface area contributed by atoms with Crippen molar-refractivity contribution in [3.63, 3.8) is 0 Å². The third-order valence-corrected chi connectivity index (χ3v) is 7.58. The number of ether oxygens (including phenoxy) is 1. The van der Waals surface area contributed by atoms with Crippen LogP contribution in [0.2, 0.25) is 4.34 Å². The van der Waals surface area contributed by atoms with Gasteiger partial charge >= 0.3 is 5.92 Å². The number of likely N-dealkylation sites (tertiary alicyclic amines) is 1. The number of hydrogen-bond donors (Lipinski definition) is 1. The molecule has 6 nitrogen and oxygen atoms in total. The minimum atomic E-state index is -3.57. The van der Waals surface area contributed by atoms with E-state index in [1.807, 2.05) is 6.07 Å². The van der Waals surface area contributed by atoms with Gasteiger partial charge in [-0.25, -0.2) is 4.98 Å². The number of alkyl halides is 2. The van der Waals surface area contributed by atoms with Crippen LogP contribution in [0.25, 0.3) is 0 Å². The van der Waals surface area contributed by atoms with Crippen molar-refractivity contribution in [1.29, 1.82) is 0 Å². The van der Waals surface area contributed by atoms with Crippen molar-refractivity contribution in [1.82, 2.24) is 15.2 Å². The highest BCUT2D eigenvalue weighted by atomic mass is 35.5. The highest BCUT2D eigenvalue weighted by molar-refractivity contribution is 7.18. The average Bonchev–Trinajstić information content (AvgIpc) is 3.35. The lowest BCUT2D eigenvalue weighted by Crippen LogP contribution is -2.46. The fourth-order valence-electron chi connectivity index (χ4n) is 4.34. The molecule has 0 radical (unpaired) electrons. The fraction of sp³-hybridized carbons (Fsp3) is 0.346. The number of nitrogens with zero attached hydrogens (tertiary/aromatic N) is 2. The summed E-state index contributed by atoms with van der Waals surface area (Å²) in [6, 6.07) is 13.7. The van der Waals surface area contributed by atoms with E-state index >= 15 is 0 Å². The van der Waals surface area contributed by atoms with Crippen molar-refractivity contribution < 1.29 is 24.5 Å². The number of rotatable bonds is 8. The van der Waals surface area contributed by atoms with Gasteiger partial charge in [0.05, 0.1) is 22.4 Å². The second-order valence-electron chi connectivity index (χ2n) is 8.68. The molecule has 2 amide bonds. The van der Waals surface area contributed by atoms with Crippen molar-refractivity contribution >= 4 is 34.8 Å². The Morgan fingerprint density at radius 2 is 1.92 bits per heavy atom. The van der Waals surface area contributed by atoms with Crippen LogP contribution in [0, 0.1) is 5.92 Å². The second kappa shape index (κ2) is 11.3. The Kier molecular flexibility index (Phi) is 8.21. The first-order valence-corrected chi connectivity index (χ1v) is 12.8. The maximum absolute atomic E-state index is 14.8. The quantitative estimate of drug-likeness (QED) is 0.387. The van der Waals surface area contributed by atoms with Crippen LogP contribution in [0.3, 0.4) is 0 Å². The average molecular weight is 536 g/mol. The third-order valence-electron chi connectivity index (χ3n) is 6.35. The summed E-state index contributed by atoms with van der Waals surface area (Å²) in [6.07, 6.45) is 3.34. The van der Waals surface area contributed by atoms with Gasteiger partial charge in [-0.3, -0.25) is 9.59 Å². The number of hydrogen-bond acceptors (Lipinski definition) is 5. The van der Waals surface area contributed by atoms with Crippen LogP contribution in [-0.4, -0.2) is 41.9 Å². The smallest absolute Gasteiger partial charge is 0.349 e. The molecule has 0 bridgehead atoms. The van der Waals surface area contributed by atoms with Crippen LogP contribution in [0.1, 0.15) is 47.5 Å². The lowest BCUT2D eigenvalue weighted by Gasteiger charge is -2.35. The van der Waals surface area contributed by atoms with E-state index in [4.69, 9.17) is 16.3 Å². The number of piperidine rings is 1. The number of carbonyl (C=O) groups excluding carboxylic acids is 2. The predicted molar refractivity (Wildman–Crippen MR) is 137 cm³/mol. The van der Waals surface area contributed by atoms with Gasteiger partial charge in [0.25, 0.3) is 11.8 Å². The van der Waals surface area contributed by atoms with E-state index in [-0.39, 0.29) is 37.9 Å². The lowest BCUT2D eigenvalue weighted by atomic mass is 9.87. The topological polar surface area (TPSA) is 71.5 Å². The van der Waals surface area contributed by atoms with E-state index in [1.54, 1.807) is 30.5 Å². The Balaban J connectivity index is 0.00000380. The first-order valence-electron chi connectivity index (χ1n) is 11.6. The molecule has 3 aromatic rings. The standard InChI is InChI=1S/C26H26ClF2N3O3S.H2/c1-35-23-10-7-18(16-30-23)20(31-24(33)21-8-9-22(27)36-21)15-17-11-13-32(14-12-17)25(34)26(28,29)19-5-3-2-4-6-19;/h2-10,16-17,20H,11-15H2,1H3,(H,31,33);1H/t20-;/m0./s1. The van der Waals surface area contributed by atoms with Crippen molar-refractivity contribution in [2.75, 3.05) is 20.2 Å². The maximum atomic E-state index is 14.8. The Hall–Kier alpha value is -3.04. The van der Waals surface area contributed by atoms with E-state index in [9.17, 15) is 18.4 Å². The van der Waals surface area contributed by atoms with Crippen LogP contribution >= 0.6 is 22.9 Å². The zero-order valence-electron chi connectivity index (χ0n) is 19.6. The molecule has 1 aromatic carbocycles. The Morgan fingerprint density at radius 3 is 2.50 bits per heavy atom. The molecule has 192 valence electrons. The number of thiophene rings is 1. The molecule has 3 heterocycles. The summed E-state index contributed by atoms with van der Waals surface area (Å²) in [7, 11) is 1.53. The number of nitrogens with one attached hydrogen (secondary N) is 1. The Bertz CT molecular complexity index is 1190. The van der Waals surface area contributed by atoms with Gasteiger partial charge in [0, 0.05) is 32.3 Å². The van der Waals surface area contributed by atoms with E-state index in [0.717, 1.165) is 5.56 Å². The first-order chi connectivity index (χ1) is 17.3. The van der Waals surface area contributed by atoms with Gasteiger partial charge in [-0.05, 0) is 42.9 Å². The minimum Gasteiger partial charge on any atom is -0.481 e. The molecule has 1 saturated heterocycles. The molecular formula is C26H28ClF2N3O3S. The molecular weight excluding hydrogens is 508 g/mol. The van der Waals surface area contributed by atoms with Crippen molar-refractivity contribution in [2.45, 2.75) is 31.2 Å². The summed E-state index contributed by atoms with van der Waals surface area (Å²) >= 11 is 7.18. The molecule has 2 aromatic heterocycles. The molecule has 1 N–H and O–H groups in total. The molecule has 0 saturated carbocycles. The molecule has 1 atom stereocenters. The number of amides is 2. The number of pyridine rings is 1. The maximum Gasteiger partial charge on any atom is 0.349 e. The number of benzene rings is 1. The van der Waals surface area contributed by atoms with Crippen molar-refractivity contribution in [3.05, 3.63) is 81.1 Å². The number of carbonyl (C=O) groups is 2. The summed E-state index contributed by atoms with van der Waals surface area (Å²) in [5.74, 6) is -4.41. The highest BCUT2D eigenvalue weighted by Crippen LogP contribution is 2.34. The largest absolute Gasteiger partial charge is 0.481 e. The lowest BCUT2D eigenvalue weighted by molar-refractivity contribution is -0.160. The zero-order chi connectivity index (χ0) is 25.7. The van der Waals surface area contributed by atoms with Crippen LogP contribution in [0.4, 0.5) is 8.78 Å². The van der Waals surface area contributed by atoms with Gasteiger partial charge in [-0.1, -0.05) is 48.0 Å². The zero-order valence-corrected chi connectivity index (χ0v) is 21.2. The Morgan fingerprint density at radius 1 is 1.19 bits per heavy atom. The van der Waals surface area contributed by atoms with Crippen molar-refractivity contribution in [3.8, 4) is 5.88 Å². The minimum absolute atomic E-state index is 0.